The standard InChI is InChI=1S/C31H42NO7P/c1-2-3-4-5-6-7-8-9-10-11-12-13-14-15-16-17-18-19-20-21-30(33)32-29(31(34)35)26-27-22-24-28(25-23-27)39-40(36,37)38/h10-25,29H,2-9,26H2,1H3,(H,32,33)(H,34,35)(H2,36,37,38)/b11-10+,13-12+,15-14+,17-16+,19-18+,21-20+/t29-/m0/s1. The van der Waals surface area contributed by atoms with Crippen molar-refractivity contribution in [2.45, 2.75) is 70.8 Å². The largest absolute Gasteiger partial charge is 0.524 e. The van der Waals surface area contributed by atoms with Crippen LogP contribution in [0.5, 0.6) is 5.75 Å². The van der Waals surface area contributed by atoms with Crippen LogP contribution in [0.15, 0.2) is 97.2 Å². The number of carbonyl (C=O) groups is 2. The van der Waals surface area contributed by atoms with Gasteiger partial charge in [0.1, 0.15) is 11.8 Å². The predicted octanol–water partition coefficient (Wildman–Crippen LogP) is 6.75. The Labute approximate surface area is 237 Å². The molecule has 40 heavy (non-hydrogen) atoms. The van der Waals surface area contributed by atoms with Crippen molar-refractivity contribution in [1.82, 2.24) is 5.32 Å². The number of hydrogen-bond acceptors (Lipinski definition) is 4. The molecule has 1 aromatic carbocycles. The molecule has 0 fully saturated rings. The number of hydrogen-bond donors (Lipinski definition) is 4. The fourth-order valence-electron chi connectivity index (χ4n) is 3.53. The third-order valence-electron chi connectivity index (χ3n) is 5.56. The summed E-state index contributed by atoms with van der Waals surface area (Å²) in [6.07, 6.45) is 32.2. The van der Waals surface area contributed by atoms with Crippen LogP contribution in [0.3, 0.4) is 0 Å². The number of rotatable bonds is 20. The van der Waals surface area contributed by atoms with Gasteiger partial charge in [-0.1, -0.05) is 124 Å². The Balaban J connectivity index is 2.31. The Bertz CT molecular complexity index is 1100. The van der Waals surface area contributed by atoms with Crippen LogP contribution >= 0.6 is 7.82 Å². The van der Waals surface area contributed by atoms with Crippen molar-refractivity contribution in [2.75, 3.05) is 0 Å². The summed E-state index contributed by atoms with van der Waals surface area (Å²) in [6, 6.07) is 4.39. The molecule has 0 radical (unpaired) electrons. The summed E-state index contributed by atoms with van der Waals surface area (Å²) in [5.74, 6) is -1.82. The third kappa shape index (κ3) is 19.6. The molecule has 0 saturated carbocycles. The highest BCUT2D eigenvalue weighted by Crippen LogP contribution is 2.37. The monoisotopic (exact) mass is 571 g/mol. The second-order valence-electron chi connectivity index (χ2n) is 9.07. The van der Waals surface area contributed by atoms with Gasteiger partial charge in [-0.2, -0.15) is 0 Å². The fourth-order valence-corrected chi connectivity index (χ4v) is 3.93. The number of allylic oxidation sites excluding steroid dienone is 11. The van der Waals surface area contributed by atoms with E-state index >= 15 is 0 Å². The topological polar surface area (TPSA) is 133 Å². The number of carboxylic acid groups (broad SMARTS) is 1. The van der Waals surface area contributed by atoms with Gasteiger partial charge in [-0.05, 0) is 30.5 Å². The molecule has 0 saturated heterocycles. The smallest absolute Gasteiger partial charge is 0.480 e. The molecule has 1 rings (SSSR count). The highest BCUT2D eigenvalue weighted by Gasteiger charge is 2.20. The maximum absolute atomic E-state index is 12.1. The van der Waals surface area contributed by atoms with Gasteiger partial charge in [0.2, 0.25) is 5.91 Å². The van der Waals surface area contributed by atoms with Crippen molar-refractivity contribution in [2.24, 2.45) is 0 Å². The van der Waals surface area contributed by atoms with E-state index in [-0.39, 0.29) is 12.2 Å². The molecule has 0 unspecified atom stereocenters. The lowest BCUT2D eigenvalue weighted by atomic mass is 10.1. The van der Waals surface area contributed by atoms with Gasteiger partial charge in [0.15, 0.2) is 0 Å². The van der Waals surface area contributed by atoms with Gasteiger partial charge in [0.25, 0.3) is 0 Å². The van der Waals surface area contributed by atoms with Crippen LogP contribution in [-0.4, -0.2) is 32.8 Å². The van der Waals surface area contributed by atoms with Crippen molar-refractivity contribution < 1.29 is 33.6 Å². The Morgan fingerprint density at radius 1 is 0.825 bits per heavy atom. The summed E-state index contributed by atoms with van der Waals surface area (Å²) in [6.45, 7) is 2.24. The number of benzene rings is 1. The van der Waals surface area contributed by atoms with E-state index in [2.05, 4.69) is 28.9 Å². The van der Waals surface area contributed by atoms with Gasteiger partial charge < -0.3 is 14.9 Å². The second-order valence-corrected chi connectivity index (χ2v) is 10.2. The lowest BCUT2D eigenvalue weighted by Gasteiger charge is -2.14. The van der Waals surface area contributed by atoms with E-state index in [1.807, 2.05) is 36.5 Å². The number of amides is 1. The van der Waals surface area contributed by atoms with Crippen LogP contribution in [0, 0.1) is 0 Å². The molecule has 0 heterocycles. The molecule has 0 aliphatic carbocycles. The minimum Gasteiger partial charge on any atom is -0.480 e. The summed E-state index contributed by atoms with van der Waals surface area (Å²) in [7, 11) is -4.68. The van der Waals surface area contributed by atoms with Crippen LogP contribution in [0.4, 0.5) is 0 Å². The molecule has 0 aliphatic heterocycles. The molecule has 9 heteroatoms. The van der Waals surface area contributed by atoms with Gasteiger partial charge in [-0.3, -0.25) is 14.6 Å². The summed E-state index contributed by atoms with van der Waals surface area (Å²) in [5, 5.41) is 11.8. The highest BCUT2D eigenvalue weighted by molar-refractivity contribution is 7.46. The molecule has 1 aromatic rings. The zero-order chi connectivity index (χ0) is 29.5. The summed E-state index contributed by atoms with van der Waals surface area (Å²) >= 11 is 0. The maximum atomic E-state index is 12.1. The number of aliphatic carboxylic acids is 1. The normalized spacial score (nSPS) is 13.5. The molecule has 8 nitrogen and oxygen atoms in total. The molecule has 218 valence electrons. The predicted molar refractivity (Wildman–Crippen MR) is 160 cm³/mol. The molecule has 1 atom stereocenters. The van der Waals surface area contributed by atoms with Crippen LogP contribution < -0.4 is 9.84 Å². The Kier molecular flexibility index (Phi) is 18.5. The lowest BCUT2D eigenvalue weighted by molar-refractivity contribution is -0.141. The van der Waals surface area contributed by atoms with Crippen molar-refractivity contribution in [1.29, 1.82) is 0 Å². The van der Waals surface area contributed by atoms with Crippen LogP contribution in [0.1, 0.15) is 63.9 Å². The van der Waals surface area contributed by atoms with Gasteiger partial charge in [-0.25, -0.2) is 9.36 Å². The van der Waals surface area contributed by atoms with Crippen LogP contribution in [0.2, 0.25) is 0 Å². The zero-order valence-electron chi connectivity index (χ0n) is 23.1. The van der Waals surface area contributed by atoms with Crippen molar-refractivity contribution in [3.8, 4) is 5.75 Å². The van der Waals surface area contributed by atoms with Crippen LogP contribution in [0.25, 0.3) is 0 Å². The first-order valence-electron chi connectivity index (χ1n) is 13.6. The van der Waals surface area contributed by atoms with Gasteiger partial charge in [-0.15, -0.1) is 0 Å². The van der Waals surface area contributed by atoms with E-state index in [1.54, 1.807) is 12.2 Å². The minimum absolute atomic E-state index is 0.0144. The average molecular weight is 572 g/mol. The van der Waals surface area contributed by atoms with E-state index in [4.69, 9.17) is 9.79 Å². The number of phosphoric acid groups is 1. The summed E-state index contributed by atoms with van der Waals surface area (Å²) in [4.78, 5) is 41.3. The Morgan fingerprint density at radius 2 is 1.35 bits per heavy atom. The first-order chi connectivity index (χ1) is 19.2. The van der Waals surface area contributed by atoms with Crippen LogP contribution in [-0.2, 0) is 20.6 Å². The highest BCUT2D eigenvalue weighted by atomic mass is 31.2. The van der Waals surface area contributed by atoms with Crippen molar-refractivity contribution in [3.05, 3.63) is 103 Å². The molecule has 0 bridgehead atoms. The molecule has 1 amide bonds. The molecule has 0 aromatic heterocycles. The Hall–Kier alpha value is -3.45. The van der Waals surface area contributed by atoms with Crippen molar-refractivity contribution in [3.63, 3.8) is 0 Å². The first-order valence-corrected chi connectivity index (χ1v) is 15.1. The molecular weight excluding hydrogens is 529 g/mol. The average Bonchev–Trinajstić information content (AvgIpc) is 2.89. The van der Waals surface area contributed by atoms with Gasteiger partial charge >= 0.3 is 13.8 Å². The molecular formula is C31H42NO7P. The van der Waals surface area contributed by atoms with Crippen molar-refractivity contribution >= 4 is 19.7 Å². The molecule has 4 N–H and O–H groups in total. The second kappa shape index (κ2) is 21.4. The first kappa shape index (κ1) is 34.6. The van der Waals surface area contributed by atoms with E-state index in [1.165, 1.54) is 81.4 Å². The summed E-state index contributed by atoms with van der Waals surface area (Å²) < 4.78 is 15.3. The SMILES string of the molecule is CCCCCCCCC/C=C/C=C/C=C/C=C/C=C/C=C/C(=O)N[C@@H](Cc1ccc(OP(=O)(O)O)cc1)C(=O)O. The number of phosphoric ester groups is 1. The maximum Gasteiger partial charge on any atom is 0.524 e. The number of nitrogens with one attached hydrogen (secondary N) is 1. The quantitative estimate of drug-likeness (QED) is 0.0589. The fraction of sp³-hybridized carbons (Fsp3) is 0.355. The molecule has 0 aliphatic rings. The lowest BCUT2D eigenvalue weighted by Crippen LogP contribution is -2.41. The zero-order valence-corrected chi connectivity index (χ0v) is 24.0. The van der Waals surface area contributed by atoms with E-state index in [9.17, 15) is 19.3 Å². The van der Waals surface area contributed by atoms with E-state index < -0.39 is 25.7 Å². The van der Waals surface area contributed by atoms with E-state index in [0.29, 0.717) is 5.56 Å². The van der Waals surface area contributed by atoms with Gasteiger partial charge in [0.05, 0.1) is 0 Å². The third-order valence-corrected chi connectivity index (χ3v) is 6.01. The van der Waals surface area contributed by atoms with E-state index in [0.717, 1.165) is 6.42 Å². The van der Waals surface area contributed by atoms with Gasteiger partial charge in [0, 0.05) is 12.5 Å². The minimum atomic E-state index is -4.68. The summed E-state index contributed by atoms with van der Waals surface area (Å²) in [5.41, 5.74) is 0.544. The number of carboxylic acids is 1. The Morgan fingerprint density at radius 3 is 1.90 bits per heavy atom. The molecule has 0 spiro atoms. The number of unbranched alkanes of at least 4 members (excludes halogenated alkanes) is 7. The number of carbonyl (C=O) groups excluding carboxylic acids is 1.